The Bertz CT molecular complexity index is 326. The zero-order valence-corrected chi connectivity index (χ0v) is 18.1. The van der Waals surface area contributed by atoms with Crippen LogP contribution in [0.25, 0.3) is 0 Å². The average Bonchev–Trinajstić information content (AvgIpc) is 2.57. The first kappa shape index (κ1) is 29.7. The molecule has 0 spiro atoms. The summed E-state index contributed by atoms with van der Waals surface area (Å²) in [6.07, 6.45) is 2.00. The molecule has 0 aliphatic heterocycles. The second-order valence-electron chi connectivity index (χ2n) is 5.05. The maximum Gasteiger partial charge on any atom is 2.00 e. The molecule has 0 aliphatic carbocycles. The smallest absolute Gasteiger partial charge is 0.359 e. The molecular formula is C19H35NiO4P. The first-order valence-electron chi connectivity index (χ1n) is 8.33. The Morgan fingerprint density at radius 2 is 1.56 bits per heavy atom. The summed E-state index contributed by atoms with van der Waals surface area (Å²) < 4.78 is 20.9. The number of rotatable bonds is 10. The number of hydrogen-bond acceptors (Lipinski definition) is 4. The van der Waals surface area contributed by atoms with Crippen LogP contribution in [0.4, 0.5) is 0 Å². The van der Waals surface area contributed by atoms with E-state index in [4.69, 9.17) is 18.5 Å². The molecule has 0 saturated heterocycles. The van der Waals surface area contributed by atoms with Crippen LogP contribution in [0, 0.1) is 19.8 Å². The number of methoxy groups -OCH3 is 1. The molecule has 2 atom stereocenters. The SMILES string of the molecule is COCOCC(C)COPOCc1ccccc1.[CH2-]CC.[CH2-]CC.[Ni+2]. The third-order valence-electron chi connectivity index (χ3n) is 2.17. The van der Waals surface area contributed by atoms with Crippen molar-refractivity contribution < 1.29 is 35.0 Å². The van der Waals surface area contributed by atoms with Gasteiger partial charge in [0.2, 0.25) is 0 Å². The molecule has 4 nitrogen and oxygen atoms in total. The van der Waals surface area contributed by atoms with E-state index in [-0.39, 0.29) is 25.5 Å². The van der Waals surface area contributed by atoms with Gasteiger partial charge in [0.05, 0.1) is 19.8 Å². The quantitative estimate of drug-likeness (QED) is 0.167. The van der Waals surface area contributed by atoms with Crippen LogP contribution in [0.15, 0.2) is 30.3 Å². The molecule has 1 aromatic rings. The summed E-state index contributed by atoms with van der Waals surface area (Å²) in [5.74, 6) is 0.341. The molecule has 1 aromatic carbocycles. The van der Waals surface area contributed by atoms with E-state index in [1.807, 2.05) is 44.2 Å². The predicted molar refractivity (Wildman–Crippen MR) is 104 cm³/mol. The molecule has 0 saturated carbocycles. The third-order valence-corrected chi connectivity index (χ3v) is 2.72. The fraction of sp³-hybridized carbons (Fsp3) is 0.579. The minimum atomic E-state index is 0. The van der Waals surface area contributed by atoms with Gasteiger partial charge in [0.25, 0.3) is 0 Å². The van der Waals surface area contributed by atoms with E-state index < -0.39 is 0 Å². The topological polar surface area (TPSA) is 36.9 Å². The van der Waals surface area contributed by atoms with Gasteiger partial charge >= 0.3 is 16.5 Å². The Hall–Kier alpha value is -0.0165. The Labute approximate surface area is 167 Å². The van der Waals surface area contributed by atoms with E-state index in [1.165, 1.54) is 0 Å². The van der Waals surface area contributed by atoms with Crippen LogP contribution in [0.3, 0.4) is 0 Å². The molecule has 2 unspecified atom stereocenters. The largest absolute Gasteiger partial charge is 2.00 e. The molecule has 6 heteroatoms. The van der Waals surface area contributed by atoms with Crippen molar-refractivity contribution in [2.75, 3.05) is 27.1 Å². The molecule has 1 rings (SSSR count). The van der Waals surface area contributed by atoms with Crippen LogP contribution in [-0.4, -0.2) is 27.1 Å². The molecule has 0 aromatic heterocycles. The van der Waals surface area contributed by atoms with Gasteiger partial charge in [-0.1, -0.05) is 51.1 Å². The normalized spacial score (nSPS) is 11.0. The Kier molecular flexibility index (Phi) is 31.2. The van der Waals surface area contributed by atoms with Gasteiger partial charge in [-0.05, 0) is 5.56 Å². The van der Waals surface area contributed by atoms with E-state index in [0.717, 1.165) is 18.4 Å². The van der Waals surface area contributed by atoms with Crippen LogP contribution < -0.4 is 0 Å². The zero-order chi connectivity index (χ0) is 18.5. The monoisotopic (exact) mass is 416 g/mol. The van der Waals surface area contributed by atoms with Gasteiger partial charge in [-0.25, -0.2) is 0 Å². The summed E-state index contributed by atoms with van der Waals surface area (Å²) in [4.78, 5) is 0. The summed E-state index contributed by atoms with van der Waals surface area (Å²) in [6.45, 7) is 15.3. The molecule has 0 N–H and O–H groups in total. The van der Waals surface area contributed by atoms with Crippen molar-refractivity contribution in [1.29, 1.82) is 0 Å². The van der Waals surface area contributed by atoms with Crippen LogP contribution in [0.5, 0.6) is 0 Å². The fourth-order valence-electron chi connectivity index (χ4n) is 1.29. The minimum absolute atomic E-state index is 0. The summed E-state index contributed by atoms with van der Waals surface area (Å²) in [7, 11) is 1.68. The molecule has 0 fully saturated rings. The van der Waals surface area contributed by atoms with Crippen molar-refractivity contribution in [1.82, 2.24) is 0 Å². The van der Waals surface area contributed by atoms with E-state index in [9.17, 15) is 0 Å². The molecule has 0 bridgehead atoms. The van der Waals surface area contributed by atoms with Crippen LogP contribution in [0.2, 0.25) is 0 Å². The standard InChI is InChI=1S/C13H21O4P.2C3H7.Ni/c1-12(8-15-11-14-2)9-16-18-17-10-13-6-4-3-5-7-13;2*1-3-2;/h3-7,12,18H,8-11H2,1-2H3;2*1,3H2,2H3;/q;2*-1;+2. The van der Waals surface area contributed by atoms with E-state index in [1.54, 1.807) is 7.11 Å². The summed E-state index contributed by atoms with van der Waals surface area (Å²) in [5.41, 5.74) is 1.16. The van der Waals surface area contributed by atoms with Gasteiger partial charge in [0, 0.05) is 13.0 Å². The number of benzene rings is 1. The Morgan fingerprint density at radius 1 is 1.00 bits per heavy atom. The van der Waals surface area contributed by atoms with Crippen molar-refractivity contribution in [3.05, 3.63) is 49.7 Å². The van der Waals surface area contributed by atoms with Crippen LogP contribution in [0.1, 0.15) is 39.2 Å². The zero-order valence-electron chi connectivity index (χ0n) is 16.1. The molecule has 150 valence electrons. The van der Waals surface area contributed by atoms with Gasteiger partial charge in [-0.2, -0.15) is 12.8 Å². The second-order valence-corrected chi connectivity index (χ2v) is 5.80. The van der Waals surface area contributed by atoms with Crippen molar-refractivity contribution in [3.8, 4) is 0 Å². The summed E-state index contributed by atoms with van der Waals surface area (Å²) in [5, 5.41) is 0. The van der Waals surface area contributed by atoms with Gasteiger partial charge < -0.3 is 32.4 Å². The number of hydrogen-bond donors (Lipinski definition) is 0. The van der Waals surface area contributed by atoms with E-state index in [2.05, 4.69) is 20.8 Å². The van der Waals surface area contributed by atoms with Gasteiger partial charge in [-0.3, -0.25) is 0 Å². The molecular weight excluding hydrogens is 382 g/mol. The van der Waals surface area contributed by atoms with Crippen molar-refractivity contribution in [3.63, 3.8) is 0 Å². The first-order chi connectivity index (χ1) is 11.7. The van der Waals surface area contributed by atoms with Gasteiger partial charge in [-0.15, -0.1) is 0 Å². The average molecular weight is 417 g/mol. The third kappa shape index (κ3) is 26.3. The first-order valence-corrected chi connectivity index (χ1v) is 9.15. The van der Waals surface area contributed by atoms with E-state index in [0.29, 0.717) is 32.5 Å². The maximum absolute atomic E-state index is 5.44. The summed E-state index contributed by atoms with van der Waals surface area (Å²) in [6, 6.07) is 10.1. The van der Waals surface area contributed by atoms with Crippen LogP contribution >= 0.6 is 9.03 Å². The van der Waals surface area contributed by atoms with Crippen molar-refractivity contribution in [2.45, 2.75) is 40.2 Å². The number of ether oxygens (including phenoxy) is 2. The molecule has 0 amide bonds. The Balaban J connectivity index is -0.000000606. The van der Waals surface area contributed by atoms with Crippen LogP contribution in [-0.2, 0) is 41.6 Å². The molecule has 0 aliphatic rings. The maximum atomic E-state index is 5.44. The minimum Gasteiger partial charge on any atom is -0.359 e. The Morgan fingerprint density at radius 3 is 2.08 bits per heavy atom. The second kappa shape index (κ2) is 26.2. The van der Waals surface area contributed by atoms with Crippen molar-refractivity contribution >= 4 is 9.03 Å². The predicted octanol–water partition coefficient (Wildman–Crippen LogP) is 5.44. The van der Waals surface area contributed by atoms with Gasteiger partial charge in [0.15, 0.2) is 9.03 Å². The molecule has 25 heavy (non-hydrogen) atoms. The van der Waals surface area contributed by atoms with Gasteiger partial charge in [0.1, 0.15) is 6.79 Å². The summed E-state index contributed by atoms with van der Waals surface area (Å²) >= 11 is 0. The van der Waals surface area contributed by atoms with Crippen molar-refractivity contribution in [2.24, 2.45) is 5.92 Å². The fourth-order valence-corrected chi connectivity index (χ4v) is 1.95. The molecule has 0 radical (unpaired) electrons. The van der Waals surface area contributed by atoms with E-state index >= 15 is 0 Å². The molecule has 0 heterocycles.